The highest BCUT2D eigenvalue weighted by molar-refractivity contribution is 9.10. The summed E-state index contributed by atoms with van der Waals surface area (Å²) < 4.78 is 66.7. The zero-order valence-corrected chi connectivity index (χ0v) is 25.1. The van der Waals surface area contributed by atoms with Gasteiger partial charge in [0.1, 0.15) is 35.8 Å². The Bertz CT molecular complexity index is 1450. The first-order valence-electron chi connectivity index (χ1n) is 13.3. The summed E-state index contributed by atoms with van der Waals surface area (Å²) in [6.45, 7) is 6.56. The van der Waals surface area contributed by atoms with Crippen molar-refractivity contribution < 1.29 is 42.0 Å². The van der Waals surface area contributed by atoms with Crippen molar-refractivity contribution in [1.82, 2.24) is 30.6 Å². The van der Waals surface area contributed by atoms with Crippen molar-refractivity contribution in [2.24, 2.45) is 0 Å². The number of aryl methyl sites for hydroxylation is 1. The van der Waals surface area contributed by atoms with Crippen LogP contribution in [-0.2, 0) is 25.1 Å². The Balaban J connectivity index is 1.50. The Morgan fingerprint density at radius 3 is 2.58 bits per heavy atom. The molecule has 2 aromatic heterocycles. The van der Waals surface area contributed by atoms with Crippen molar-refractivity contribution in [1.29, 1.82) is 0 Å². The van der Waals surface area contributed by atoms with Gasteiger partial charge in [-0.15, -0.1) is 0 Å². The number of aliphatic hydroxyl groups is 1. The monoisotopic (exact) mass is 670 g/mol. The largest absolute Gasteiger partial charge is 0.443 e. The van der Waals surface area contributed by atoms with Crippen molar-refractivity contribution >= 4 is 22.0 Å². The highest BCUT2D eigenvalue weighted by Gasteiger charge is 2.52. The molecule has 2 aliphatic heterocycles. The summed E-state index contributed by atoms with van der Waals surface area (Å²) in [6.07, 6.45) is -9.98. The summed E-state index contributed by atoms with van der Waals surface area (Å²) in [5.41, 5.74) is 3.50. The van der Waals surface area contributed by atoms with E-state index in [9.17, 15) is 23.1 Å². The predicted octanol–water partition coefficient (Wildman–Crippen LogP) is 4.06. The highest BCUT2D eigenvalue weighted by Crippen LogP contribution is 2.40. The van der Waals surface area contributed by atoms with Gasteiger partial charge in [-0.2, -0.15) is 18.3 Å². The molecule has 0 spiro atoms. The molecule has 3 aromatic rings. The van der Waals surface area contributed by atoms with Crippen LogP contribution >= 0.6 is 15.9 Å². The van der Waals surface area contributed by atoms with E-state index in [4.69, 9.17) is 18.9 Å². The number of hydrogen-bond acceptors (Lipinski definition) is 10. The normalized spacial score (nSPS) is 26.1. The van der Waals surface area contributed by atoms with E-state index in [2.05, 4.69) is 41.8 Å². The molecule has 16 heteroatoms. The van der Waals surface area contributed by atoms with Crippen LogP contribution in [0.2, 0.25) is 0 Å². The molecule has 3 N–H and O–H groups in total. The van der Waals surface area contributed by atoms with Gasteiger partial charge in [0.2, 0.25) is 0 Å². The second-order valence-electron chi connectivity index (χ2n) is 11.0. The second-order valence-corrected chi connectivity index (χ2v) is 11.9. The lowest BCUT2D eigenvalue weighted by molar-refractivity contribution is -0.313. The Morgan fingerprint density at radius 2 is 1.91 bits per heavy atom. The number of nitrogens with one attached hydrogen (secondary N) is 2. The highest BCUT2D eigenvalue weighted by atomic mass is 79.9. The molecule has 0 radical (unpaired) electrons. The van der Waals surface area contributed by atoms with E-state index in [1.54, 1.807) is 20.8 Å². The minimum Gasteiger partial charge on any atom is -0.443 e. The number of benzene rings is 1. The predicted molar refractivity (Wildman–Crippen MR) is 147 cm³/mol. The fourth-order valence-corrected chi connectivity index (χ4v) is 5.16. The van der Waals surface area contributed by atoms with E-state index in [0.717, 1.165) is 10.9 Å². The topological polar surface area (TPSA) is 142 Å². The Labute approximate surface area is 253 Å². The standard InChI is InChI=1S/C27H30BrF3N6O6/c1-13-33-23(37(36-13)16-10-15(28)11-32-22(16)27(29,30)31)21-19(38)18(34-35-25(39)43-26(2,3)4)20-17(41-21)12-40-24(42-20)14-8-6-5-7-9-14/h5-11,17-21,24,34,38H,12H2,1-4H3,(H,35,39)/t17?,18?,19?,20-,21+,24?/m0/s1. The summed E-state index contributed by atoms with van der Waals surface area (Å²) in [6, 6.07) is 9.23. The Hall–Kier alpha value is -3.15. The number of carbonyl (C=O) groups excluding carboxylic acids is 1. The number of hydrazine groups is 1. The van der Waals surface area contributed by atoms with Gasteiger partial charge in [0.15, 0.2) is 17.8 Å². The van der Waals surface area contributed by atoms with Crippen LogP contribution < -0.4 is 10.9 Å². The fraction of sp³-hybridized carbons (Fsp3) is 0.481. The molecule has 1 aromatic carbocycles. The van der Waals surface area contributed by atoms with E-state index in [0.29, 0.717) is 5.56 Å². The smallest absolute Gasteiger partial charge is 0.435 e. The molecular weight excluding hydrogens is 641 g/mol. The molecule has 4 unspecified atom stereocenters. The maximum Gasteiger partial charge on any atom is 0.435 e. The van der Waals surface area contributed by atoms with Gasteiger partial charge in [-0.05, 0) is 49.7 Å². The molecule has 43 heavy (non-hydrogen) atoms. The average Bonchev–Trinajstić information content (AvgIpc) is 3.32. The number of nitrogens with zero attached hydrogens (tertiary/aromatic N) is 4. The van der Waals surface area contributed by atoms with E-state index < -0.39 is 66.0 Å². The first-order valence-corrected chi connectivity index (χ1v) is 14.1. The van der Waals surface area contributed by atoms with Gasteiger partial charge in [-0.25, -0.2) is 24.9 Å². The van der Waals surface area contributed by atoms with Crippen LogP contribution in [-0.4, -0.2) is 67.5 Å². The molecule has 6 atom stereocenters. The number of ether oxygens (including phenoxy) is 4. The summed E-state index contributed by atoms with van der Waals surface area (Å²) in [4.78, 5) is 20.4. The molecule has 2 saturated heterocycles. The van der Waals surface area contributed by atoms with Crippen LogP contribution in [0.1, 0.15) is 56.1 Å². The summed E-state index contributed by atoms with van der Waals surface area (Å²) in [5, 5.41) is 15.8. The Kier molecular flexibility index (Phi) is 8.79. The lowest BCUT2D eigenvalue weighted by atomic mass is 9.91. The van der Waals surface area contributed by atoms with E-state index in [-0.39, 0.29) is 22.7 Å². The van der Waals surface area contributed by atoms with Crippen LogP contribution in [0.3, 0.4) is 0 Å². The fourth-order valence-electron chi connectivity index (χ4n) is 4.84. The average molecular weight is 671 g/mol. The summed E-state index contributed by atoms with van der Waals surface area (Å²) in [7, 11) is 0. The van der Waals surface area contributed by atoms with Gasteiger partial charge in [0.05, 0.1) is 18.3 Å². The number of hydrogen-bond donors (Lipinski definition) is 3. The first-order chi connectivity index (χ1) is 20.2. The number of pyridine rings is 1. The van der Waals surface area contributed by atoms with E-state index in [1.165, 1.54) is 13.0 Å². The second kappa shape index (κ2) is 12.1. The van der Waals surface area contributed by atoms with Crippen molar-refractivity contribution in [2.45, 2.75) is 76.2 Å². The number of alkyl halides is 3. The number of aliphatic hydroxyl groups excluding tert-OH is 1. The number of fused-ring (bicyclic) bond motifs is 1. The van der Waals surface area contributed by atoms with Crippen molar-refractivity contribution in [3.8, 4) is 5.69 Å². The molecule has 5 rings (SSSR count). The van der Waals surface area contributed by atoms with Gasteiger partial charge >= 0.3 is 12.3 Å². The summed E-state index contributed by atoms with van der Waals surface area (Å²) in [5.74, 6) is 0.000740. The molecular formula is C27H30BrF3N6O6. The molecule has 0 saturated carbocycles. The summed E-state index contributed by atoms with van der Waals surface area (Å²) >= 11 is 3.17. The van der Waals surface area contributed by atoms with Crippen LogP contribution in [0.4, 0.5) is 18.0 Å². The maximum atomic E-state index is 14.0. The lowest BCUT2D eigenvalue weighted by Gasteiger charge is -2.48. The SMILES string of the molecule is Cc1nc([C@@H]2OC3COC(c4ccccc4)O[C@@H]3C(NNC(=O)OC(C)(C)C)C2O)n(-c2cc(Br)cnc2C(F)(F)F)n1. The third kappa shape index (κ3) is 6.99. The zero-order valence-electron chi connectivity index (χ0n) is 23.5. The van der Waals surface area contributed by atoms with Gasteiger partial charge < -0.3 is 24.1 Å². The van der Waals surface area contributed by atoms with Crippen LogP contribution in [0, 0.1) is 6.92 Å². The molecule has 2 fully saturated rings. The van der Waals surface area contributed by atoms with E-state index in [1.807, 2.05) is 30.3 Å². The third-order valence-electron chi connectivity index (χ3n) is 6.55. The van der Waals surface area contributed by atoms with Crippen molar-refractivity contribution in [3.05, 3.63) is 70.0 Å². The van der Waals surface area contributed by atoms with Gasteiger partial charge in [-0.3, -0.25) is 5.43 Å². The zero-order chi connectivity index (χ0) is 31.1. The number of amides is 1. The molecule has 4 heterocycles. The van der Waals surface area contributed by atoms with Crippen LogP contribution in [0.15, 0.2) is 47.1 Å². The number of aromatic nitrogens is 4. The Morgan fingerprint density at radius 1 is 1.19 bits per heavy atom. The molecule has 12 nitrogen and oxygen atoms in total. The number of rotatable bonds is 5. The first kappa shape index (κ1) is 31.3. The quantitative estimate of drug-likeness (QED) is 0.340. The van der Waals surface area contributed by atoms with Gasteiger partial charge in [0.25, 0.3) is 0 Å². The molecule has 1 amide bonds. The lowest BCUT2D eigenvalue weighted by Crippen LogP contribution is -2.66. The van der Waals surface area contributed by atoms with Crippen LogP contribution in [0.25, 0.3) is 5.69 Å². The van der Waals surface area contributed by atoms with Crippen molar-refractivity contribution in [3.63, 3.8) is 0 Å². The van der Waals surface area contributed by atoms with E-state index >= 15 is 0 Å². The van der Waals surface area contributed by atoms with Crippen LogP contribution in [0.5, 0.6) is 0 Å². The minimum atomic E-state index is -4.82. The third-order valence-corrected chi connectivity index (χ3v) is 6.98. The number of halogens is 4. The molecule has 232 valence electrons. The molecule has 2 aliphatic rings. The maximum absolute atomic E-state index is 14.0. The van der Waals surface area contributed by atoms with Gasteiger partial charge in [-0.1, -0.05) is 30.3 Å². The molecule has 0 bridgehead atoms. The molecule has 0 aliphatic carbocycles. The van der Waals surface area contributed by atoms with Gasteiger partial charge in [0, 0.05) is 16.2 Å². The van der Waals surface area contributed by atoms with Crippen molar-refractivity contribution in [2.75, 3.05) is 6.61 Å². The number of carbonyl (C=O) groups is 1. The minimum absolute atomic E-state index is 0.00255.